The Kier molecular flexibility index (Phi) is 4.42. The molecule has 7 heteroatoms. The molecule has 0 fully saturated rings. The average Bonchev–Trinajstić information content (AvgIpc) is 2.46. The highest BCUT2D eigenvalue weighted by atomic mass is 79.9. The van der Waals surface area contributed by atoms with Gasteiger partial charge in [0.2, 0.25) is 0 Å². The van der Waals surface area contributed by atoms with Crippen LogP contribution in [0, 0.1) is 6.92 Å². The van der Waals surface area contributed by atoms with Crippen LogP contribution < -0.4 is 16.0 Å². The van der Waals surface area contributed by atoms with Gasteiger partial charge >= 0.3 is 5.97 Å². The van der Waals surface area contributed by atoms with Crippen molar-refractivity contribution in [2.75, 3.05) is 5.73 Å². The van der Waals surface area contributed by atoms with Gasteiger partial charge in [0.05, 0.1) is 5.69 Å². The van der Waals surface area contributed by atoms with Crippen molar-refractivity contribution >= 4 is 27.7 Å². The largest absolute Gasteiger partial charge is 0.422 e. The minimum Gasteiger partial charge on any atom is -0.422 e. The Balaban J connectivity index is 2.37. The number of hydrogen-bond donors (Lipinski definition) is 1. The van der Waals surface area contributed by atoms with Crippen LogP contribution in [0.15, 0.2) is 33.5 Å². The number of ether oxygens (including phenoxy) is 1. The van der Waals surface area contributed by atoms with E-state index in [0.29, 0.717) is 18.0 Å². The van der Waals surface area contributed by atoms with Crippen molar-refractivity contribution in [3.8, 4) is 5.75 Å². The van der Waals surface area contributed by atoms with Gasteiger partial charge in [-0.3, -0.25) is 4.79 Å². The molecule has 0 saturated heterocycles. The number of benzene rings is 1. The van der Waals surface area contributed by atoms with Gasteiger partial charge in [-0.2, -0.15) is 0 Å². The number of rotatable bonds is 3. The van der Waals surface area contributed by atoms with E-state index < -0.39 is 11.5 Å². The molecule has 0 amide bonds. The predicted octanol–water partition coefficient (Wildman–Crippen LogP) is 2.14. The lowest BCUT2D eigenvalue weighted by Crippen LogP contribution is -2.29. The molecular weight excluding hydrogens is 338 g/mol. The Morgan fingerprint density at radius 2 is 2.00 bits per heavy atom. The fourth-order valence-corrected chi connectivity index (χ4v) is 2.16. The maximum Gasteiger partial charge on any atom is 0.364 e. The molecule has 0 spiro atoms. The Bertz CT molecular complexity index is 738. The predicted molar refractivity (Wildman–Crippen MR) is 82.4 cm³/mol. The molecular formula is C14H14BrN3O3. The number of nitrogen functional groups attached to an aromatic ring is 1. The number of hydrogen-bond acceptors (Lipinski definition) is 5. The molecule has 1 aromatic carbocycles. The van der Waals surface area contributed by atoms with Gasteiger partial charge in [-0.25, -0.2) is 9.78 Å². The highest BCUT2D eigenvalue weighted by molar-refractivity contribution is 9.10. The second-order valence-corrected chi connectivity index (χ2v) is 5.24. The van der Waals surface area contributed by atoms with Crippen molar-refractivity contribution in [2.24, 2.45) is 0 Å². The van der Waals surface area contributed by atoms with Crippen LogP contribution in [0.2, 0.25) is 0 Å². The minimum absolute atomic E-state index is 0.0388. The van der Waals surface area contributed by atoms with E-state index >= 15 is 0 Å². The summed E-state index contributed by atoms with van der Waals surface area (Å²) in [6.07, 6.45) is 0. The molecule has 2 N–H and O–H groups in total. The van der Waals surface area contributed by atoms with Crippen LogP contribution >= 0.6 is 15.9 Å². The van der Waals surface area contributed by atoms with E-state index in [9.17, 15) is 9.59 Å². The second-order valence-electron chi connectivity index (χ2n) is 4.32. The van der Waals surface area contributed by atoms with E-state index in [4.69, 9.17) is 10.5 Å². The molecule has 110 valence electrons. The summed E-state index contributed by atoms with van der Waals surface area (Å²) in [7, 11) is 0. The first-order chi connectivity index (χ1) is 9.93. The molecule has 0 aliphatic carbocycles. The molecule has 0 bridgehead atoms. The molecule has 0 aliphatic rings. The lowest BCUT2D eigenvalue weighted by molar-refractivity contribution is 0.0726. The lowest BCUT2D eigenvalue weighted by atomic mass is 10.3. The van der Waals surface area contributed by atoms with E-state index in [0.717, 1.165) is 4.47 Å². The maximum absolute atomic E-state index is 12.2. The summed E-state index contributed by atoms with van der Waals surface area (Å²) in [6.45, 7) is 3.82. The van der Waals surface area contributed by atoms with Gasteiger partial charge in [-0.15, -0.1) is 0 Å². The van der Waals surface area contributed by atoms with Crippen molar-refractivity contribution in [1.29, 1.82) is 0 Å². The van der Waals surface area contributed by atoms with E-state index in [-0.39, 0.29) is 11.5 Å². The van der Waals surface area contributed by atoms with Crippen molar-refractivity contribution in [2.45, 2.75) is 20.4 Å². The molecule has 21 heavy (non-hydrogen) atoms. The highest BCUT2D eigenvalue weighted by Gasteiger charge is 2.19. The summed E-state index contributed by atoms with van der Waals surface area (Å²) in [5.41, 5.74) is 5.62. The first-order valence-corrected chi connectivity index (χ1v) is 7.08. The lowest BCUT2D eigenvalue weighted by Gasteiger charge is -2.12. The van der Waals surface area contributed by atoms with Crippen LogP contribution in [0.25, 0.3) is 0 Å². The van der Waals surface area contributed by atoms with Gasteiger partial charge in [-0.1, -0.05) is 15.9 Å². The van der Waals surface area contributed by atoms with E-state index in [2.05, 4.69) is 20.9 Å². The zero-order valence-electron chi connectivity index (χ0n) is 11.6. The van der Waals surface area contributed by atoms with E-state index in [1.165, 1.54) is 4.57 Å². The van der Waals surface area contributed by atoms with Gasteiger partial charge in [0.1, 0.15) is 5.75 Å². The fraction of sp³-hybridized carbons (Fsp3) is 0.214. The van der Waals surface area contributed by atoms with Crippen LogP contribution in [-0.2, 0) is 6.54 Å². The van der Waals surface area contributed by atoms with Crippen LogP contribution in [0.1, 0.15) is 23.1 Å². The summed E-state index contributed by atoms with van der Waals surface area (Å²) >= 11 is 3.30. The van der Waals surface area contributed by atoms with Gasteiger partial charge in [0, 0.05) is 11.0 Å². The molecule has 0 atom stereocenters. The van der Waals surface area contributed by atoms with E-state index in [1.54, 1.807) is 38.1 Å². The standard InChI is InChI=1S/C14H14BrN3O3/c1-3-18-8(2)11(17-12(16)13(18)19)14(20)21-10-6-4-9(15)5-7-10/h4-7H,3H2,1-2H3,(H2,16,17). The Morgan fingerprint density at radius 1 is 1.38 bits per heavy atom. The molecule has 2 aromatic rings. The third kappa shape index (κ3) is 3.13. The first kappa shape index (κ1) is 15.2. The smallest absolute Gasteiger partial charge is 0.364 e. The van der Waals surface area contributed by atoms with E-state index in [1.807, 2.05) is 0 Å². The Hall–Kier alpha value is -2.15. The summed E-state index contributed by atoms with van der Waals surface area (Å²) in [4.78, 5) is 27.8. The Labute approximate surface area is 129 Å². The van der Waals surface area contributed by atoms with Crippen LogP contribution in [0.4, 0.5) is 5.82 Å². The van der Waals surface area contributed by atoms with Crippen LogP contribution in [-0.4, -0.2) is 15.5 Å². The van der Waals surface area contributed by atoms with Crippen LogP contribution in [0.3, 0.4) is 0 Å². The van der Waals surface area contributed by atoms with Crippen molar-refractivity contribution in [3.63, 3.8) is 0 Å². The Morgan fingerprint density at radius 3 is 2.57 bits per heavy atom. The maximum atomic E-state index is 12.2. The SMILES string of the molecule is CCn1c(C)c(C(=O)Oc2ccc(Br)cc2)nc(N)c1=O. The molecule has 0 saturated carbocycles. The topological polar surface area (TPSA) is 87.2 Å². The third-order valence-corrected chi connectivity index (χ3v) is 3.51. The van der Waals surface area contributed by atoms with Gasteiger partial charge < -0.3 is 15.0 Å². The molecule has 0 aliphatic heterocycles. The fourth-order valence-electron chi connectivity index (χ4n) is 1.90. The summed E-state index contributed by atoms with van der Waals surface area (Å²) in [5, 5.41) is 0. The number of nitrogens with zero attached hydrogens (tertiary/aromatic N) is 2. The third-order valence-electron chi connectivity index (χ3n) is 2.98. The summed E-state index contributed by atoms with van der Waals surface area (Å²) in [6, 6.07) is 6.81. The van der Waals surface area contributed by atoms with Gasteiger partial charge in [-0.05, 0) is 38.1 Å². The summed E-state index contributed by atoms with van der Waals surface area (Å²) < 4.78 is 7.50. The van der Waals surface area contributed by atoms with Crippen molar-refractivity contribution < 1.29 is 9.53 Å². The minimum atomic E-state index is -0.649. The number of anilines is 1. The number of halogens is 1. The average molecular weight is 352 g/mol. The number of nitrogens with two attached hydrogens (primary N) is 1. The van der Waals surface area contributed by atoms with Gasteiger partial charge in [0.15, 0.2) is 11.5 Å². The molecule has 0 unspecified atom stereocenters. The van der Waals surface area contributed by atoms with Crippen LogP contribution in [0.5, 0.6) is 5.75 Å². The van der Waals surface area contributed by atoms with Gasteiger partial charge in [0.25, 0.3) is 5.56 Å². The number of esters is 1. The molecule has 6 nitrogen and oxygen atoms in total. The summed E-state index contributed by atoms with van der Waals surface area (Å²) in [5.74, 6) is -0.480. The molecule has 2 rings (SSSR count). The molecule has 1 heterocycles. The van der Waals surface area contributed by atoms with Crippen molar-refractivity contribution in [1.82, 2.24) is 9.55 Å². The molecule has 1 aromatic heterocycles. The zero-order chi connectivity index (χ0) is 15.6. The second kappa shape index (κ2) is 6.09. The highest BCUT2D eigenvalue weighted by Crippen LogP contribution is 2.17. The first-order valence-electron chi connectivity index (χ1n) is 6.28. The molecule has 0 radical (unpaired) electrons. The number of carbonyl (C=O) groups is 1. The number of carbonyl (C=O) groups excluding carboxylic acids is 1. The van der Waals surface area contributed by atoms with Crippen molar-refractivity contribution in [3.05, 3.63) is 50.5 Å². The number of aromatic nitrogens is 2. The normalized spacial score (nSPS) is 10.4. The quantitative estimate of drug-likeness (QED) is 0.676. The monoisotopic (exact) mass is 351 g/mol. The zero-order valence-corrected chi connectivity index (χ0v) is 13.2.